The third kappa shape index (κ3) is 1.94. The topological polar surface area (TPSA) is 51.2 Å². The molecule has 1 N–H and O–H groups in total. The van der Waals surface area contributed by atoms with E-state index in [1.807, 2.05) is 51.2 Å². The quantitative estimate of drug-likeness (QED) is 0.767. The average molecular weight is 256 g/mol. The molecule has 1 unspecified atom stereocenters. The standard InChI is InChI=1S/C15H16N2O2/c1-9-5-4-6-11-8-13(19-15(9)11)14(18)12-7-10(2)16-17(12)3/h4-8,14,18H,1-3H3. The second-order valence-corrected chi connectivity index (χ2v) is 4.88. The maximum atomic E-state index is 10.4. The van der Waals surface area contributed by atoms with E-state index in [2.05, 4.69) is 5.10 Å². The fraction of sp³-hybridized carbons (Fsp3) is 0.267. The Morgan fingerprint density at radius 2 is 2.05 bits per heavy atom. The molecule has 19 heavy (non-hydrogen) atoms. The van der Waals surface area contributed by atoms with Gasteiger partial charge in [-0.2, -0.15) is 5.10 Å². The summed E-state index contributed by atoms with van der Waals surface area (Å²) < 4.78 is 7.47. The Labute approximate surface area is 111 Å². The first kappa shape index (κ1) is 12.0. The summed E-state index contributed by atoms with van der Waals surface area (Å²) in [7, 11) is 1.82. The molecule has 3 rings (SSSR count). The summed E-state index contributed by atoms with van der Waals surface area (Å²) in [4.78, 5) is 0. The largest absolute Gasteiger partial charge is 0.458 e. The van der Waals surface area contributed by atoms with Gasteiger partial charge in [0.2, 0.25) is 0 Å². The summed E-state index contributed by atoms with van der Waals surface area (Å²) in [5.74, 6) is 0.548. The summed E-state index contributed by atoms with van der Waals surface area (Å²) in [6.45, 7) is 3.90. The van der Waals surface area contributed by atoms with Crippen molar-refractivity contribution < 1.29 is 9.52 Å². The molecule has 0 radical (unpaired) electrons. The average Bonchev–Trinajstić information content (AvgIpc) is 2.93. The van der Waals surface area contributed by atoms with Crippen LogP contribution in [0.25, 0.3) is 11.0 Å². The number of hydrogen-bond donors (Lipinski definition) is 1. The molecule has 2 aromatic heterocycles. The van der Waals surface area contributed by atoms with Gasteiger partial charge < -0.3 is 9.52 Å². The zero-order valence-electron chi connectivity index (χ0n) is 11.2. The van der Waals surface area contributed by atoms with Crippen molar-refractivity contribution in [2.45, 2.75) is 20.0 Å². The molecule has 0 saturated carbocycles. The number of hydrogen-bond acceptors (Lipinski definition) is 3. The minimum Gasteiger partial charge on any atom is -0.458 e. The number of rotatable bonds is 2. The van der Waals surface area contributed by atoms with Crippen LogP contribution < -0.4 is 0 Å². The van der Waals surface area contributed by atoms with Crippen LogP contribution in [-0.2, 0) is 7.05 Å². The SMILES string of the molecule is Cc1cc(C(O)c2cc3cccc(C)c3o2)n(C)n1. The molecule has 4 heteroatoms. The Balaban J connectivity index is 2.09. The highest BCUT2D eigenvalue weighted by Crippen LogP contribution is 2.29. The van der Waals surface area contributed by atoms with Gasteiger partial charge in [-0.3, -0.25) is 4.68 Å². The molecule has 0 amide bonds. The summed E-state index contributed by atoms with van der Waals surface area (Å²) in [6.07, 6.45) is -0.794. The zero-order valence-corrected chi connectivity index (χ0v) is 11.2. The molecule has 3 aromatic rings. The molecule has 0 bridgehead atoms. The van der Waals surface area contributed by atoms with Crippen LogP contribution in [0.1, 0.15) is 28.8 Å². The number of furan rings is 1. The number of fused-ring (bicyclic) bond motifs is 1. The molecule has 1 atom stereocenters. The second kappa shape index (κ2) is 4.24. The van der Waals surface area contributed by atoms with Crippen LogP contribution in [0.15, 0.2) is 34.7 Å². The van der Waals surface area contributed by atoms with Gasteiger partial charge in [-0.1, -0.05) is 18.2 Å². The van der Waals surface area contributed by atoms with Gasteiger partial charge in [0.05, 0.1) is 11.4 Å². The Kier molecular flexibility index (Phi) is 2.68. The van der Waals surface area contributed by atoms with Crippen LogP contribution in [0, 0.1) is 13.8 Å². The van der Waals surface area contributed by atoms with Crippen LogP contribution in [-0.4, -0.2) is 14.9 Å². The van der Waals surface area contributed by atoms with Crippen molar-refractivity contribution in [3.63, 3.8) is 0 Å². The van der Waals surface area contributed by atoms with E-state index in [-0.39, 0.29) is 0 Å². The fourth-order valence-electron chi connectivity index (χ4n) is 2.40. The lowest BCUT2D eigenvalue weighted by Gasteiger charge is -2.07. The van der Waals surface area contributed by atoms with Gasteiger partial charge in [0.15, 0.2) is 6.10 Å². The predicted octanol–water partition coefficient (Wildman–Crippen LogP) is 2.86. The molecule has 4 nitrogen and oxygen atoms in total. The summed E-state index contributed by atoms with van der Waals surface area (Å²) in [5.41, 5.74) is 3.51. The second-order valence-electron chi connectivity index (χ2n) is 4.88. The van der Waals surface area contributed by atoms with Gasteiger partial charge >= 0.3 is 0 Å². The molecule has 0 aliphatic rings. The van der Waals surface area contributed by atoms with Crippen molar-refractivity contribution in [2.24, 2.45) is 7.05 Å². The fourth-order valence-corrected chi connectivity index (χ4v) is 2.40. The molecular formula is C15H16N2O2. The van der Waals surface area contributed by atoms with E-state index < -0.39 is 6.10 Å². The number of para-hydroxylation sites is 1. The van der Waals surface area contributed by atoms with Crippen molar-refractivity contribution in [2.75, 3.05) is 0 Å². The molecular weight excluding hydrogens is 240 g/mol. The first-order valence-corrected chi connectivity index (χ1v) is 6.24. The van der Waals surface area contributed by atoms with Crippen molar-refractivity contribution in [1.82, 2.24) is 9.78 Å². The summed E-state index contributed by atoms with van der Waals surface area (Å²) >= 11 is 0. The minimum atomic E-state index is -0.794. The maximum absolute atomic E-state index is 10.4. The highest BCUT2D eigenvalue weighted by Gasteiger charge is 2.19. The van der Waals surface area contributed by atoms with Crippen molar-refractivity contribution in [1.29, 1.82) is 0 Å². The Morgan fingerprint density at radius 3 is 2.68 bits per heavy atom. The first-order chi connectivity index (χ1) is 9.06. The highest BCUT2D eigenvalue weighted by molar-refractivity contribution is 5.81. The summed E-state index contributed by atoms with van der Waals surface area (Å²) in [5, 5.41) is 15.7. The Morgan fingerprint density at radius 1 is 1.26 bits per heavy atom. The van der Waals surface area contributed by atoms with E-state index in [1.165, 1.54) is 0 Å². The van der Waals surface area contributed by atoms with Crippen LogP contribution in [0.4, 0.5) is 0 Å². The van der Waals surface area contributed by atoms with E-state index >= 15 is 0 Å². The van der Waals surface area contributed by atoms with E-state index in [9.17, 15) is 5.11 Å². The number of benzene rings is 1. The molecule has 0 saturated heterocycles. The normalized spacial score (nSPS) is 13.1. The van der Waals surface area contributed by atoms with Gasteiger partial charge in [-0.25, -0.2) is 0 Å². The van der Waals surface area contributed by atoms with E-state index in [1.54, 1.807) is 4.68 Å². The van der Waals surface area contributed by atoms with Crippen molar-refractivity contribution >= 4 is 11.0 Å². The molecule has 0 aliphatic heterocycles. The smallest absolute Gasteiger partial charge is 0.153 e. The van der Waals surface area contributed by atoms with Crippen molar-refractivity contribution in [3.05, 3.63) is 53.0 Å². The molecule has 1 aromatic carbocycles. The molecule has 98 valence electrons. The minimum absolute atomic E-state index is 0.548. The highest BCUT2D eigenvalue weighted by atomic mass is 16.4. The van der Waals surface area contributed by atoms with Gasteiger partial charge in [-0.15, -0.1) is 0 Å². The Bertz CT molecular complexity index is 740. The first-order valence-electron chi connectivity index (χ1n) is 6.24. The zero-order chi connectivity index (χ0) is 13.6. The van der Waals surface area contributed by atoms with Crippen LogP contribution in [0.2, 0.25) is 0 Å². The molecule has 0 aliphatic carbocycles. The monoisotopic (exact) mass is 256 g/mol. The van der Waals surface area contributed by atoms with Gasteiger partial charge in [0, 0.05) is 12.4 Å². The predicted molar refractivity (Wildman–Crippen MR) is 73.0 cm³/mol. The van der Waals surface area contributed by atoms with E-state index in [0.717, 1.165) is 27.9 Å². The summed E-state index contributed by atoms with van der Waals surface area (Å²) in [6, 6.07) is 9.71. The van der Waals surface area contributed by atoms with E-state index in [0.29, 0.717) is 5.76 Å². The van der Waals surface area contributed by atoms with Gasteiger partial charge in [-0.05, 0) is 31.5 Å². The number of aromatic nitrogens is 2. The molecule has 2 heterocycles. The lowest BCUT2D eigenvalue weighted by Crippen LogP contribution is -2.05. The van der Waals surface area contributed by atoms with E-state index in [4.69, 9.17) is 4.42 Å². The number of nitrogens with zero attached hydrogens (tertiary/aromatic N) is 2. The maximum Gasteiger partial charge on any atom is 0.153 e. The Hall–Kier alpha value is -2.07. The molecule has 0 spiro atoms. The third-order valence-corrected chi connectivity index (χ3v) is 3.35. The van der Waals surface area contributed by atoms with Crippen LogP contribution in [0.5, 0.6) is 0 Å². The number of aliphatic hydroxyl groups is 1. The number of aliphatic hydroxyl groups excluding tert-OH is 1. The third-order valence-electron chi connectivity index (χ3n) is 3.35. The van der Waals surface area contributed by atoms with Gasteiger partial charge in [0.1, 0.15) is 11.3 Å². The van der Waals surface area contributed by atoms with Gasteiger partial charge in [0.25, 0.3) is 0 Å². The lowest BCUT2D eigenvalue weighted by atomic mass is 10.1. The van der Waals surface area contributed by atoms with Crippen LogP contribution in [0.3, 0.4) is 0 Å². The molecule has 0 fully saturated rings. The lowest BCUT2D eigenvalue weighted by molar-refractivity contribution is 0.182. The van der Waals surface area contributed by atoms with Crippen molar-refractivity contribution in [3.8, 4) is 0 Å². The van der Waals surface area contributed by atoms with Crippen LogP contribution >= 0.6 is 0 Å². The number of aryl methyl sites for hydroxylation is 3.